The van der Waals surface area contributed by atoms with Crippen LogP contribution in [0.1, 0.15) is 44.0 Å². The number of hydrogen-bond donors (Lipinski definition) is 3. The normalized spacial score (nSPS) is 14.0. The van der Waals surface area contributed by atoms with E-state index in [1.807, 2.05) is 20.8 Å². The molecule has 1 aliphatic rings. The van der Waals surface area contributed by atoms with Gasteiger partial charge in [-0.05, 0) is 31.0 Å². The molecule has 1 aliphatic heterocycles. The largest absolute Gasteiger partial charge is 0.500 e. The molecule has 3 heterocycles. The van der Waals surface area contributed by atoms with Crippen LogP contribution < -0.4 is 20.3 Å². The van der Waals surface area contributed by atoms with Crippen molar-refractivity contribution in [3.05, 3.63) is 48.1 Å². The van der Waals surface area contributed by atoms with Gasteiger partial charge in [0.2, 0.25) is 5.95 Å². The van der Waals surface area contributed by atoms with Gasteiger partial charge in [-0.25, -0.2) is 19.9 Å². The highest BCUT2D eigenvalue weighted by Crippen LogP contribution is 2.31. The van der Waals surface area contributed by atoms with Gasteiger partial charge in [0.15, 0.2) is 5.82 Å². The van der Waals surface area contributed by atoms with Crippen LogP contribution in [0.3, 0.4) is 0 Å². The van der Waals surface area contributed by atoms with E-state index in [-0.39, 0.29) is 11.3 Å². The van der Waals surface area contributed by atoms with E-state index in [9.17, 15) is 4.79 Å². The lowest BCUT2D eigenvalue weighted by Crippen LogP contribution is -2.29. The van der Waals surface area contributed by atoms with E-state index in [1.54, 1.807) is 38.6 Å². The smallest absolute Gasteiger partial charge is 0.256 e. The third-order valence-electron chi connectivity index (χ3n) is 5.95. The number of nitrogens with zero attached hydrogens (tertiary/aromatic N) is 5. The Balaban J connectivity index is 1.61. The van der Waals surface area contributed by atoms with E-state index in [1.165, 1.54) is 12.4 Å². The molecule has 0 spiro atoms. The lowest BCUT2D eigenvalue weighted by molar-refractivity contribution is 0.0977. The third-order valence-corrected chi connectivity index (χ3v) is 5.95. The molecule has 11 nitrogen and oxygen atoms in total. The zero-order valence-electron chi connectivity index (χ0n) is 21.8. The Morgan fingerprint density at radius 3 is 2.57 bits per heavy atom. The van der Waals surface area contributed by atoms with Gasteiger partial charge in [0.25, 0.3) is 5.91 Å². The van der Waals surface area contributed by atoms with Crippen molar-refractivity contribution in [1.82, 2.24) is 25.3 Å². The predicted molar refractivity (Wildman–Crippen MR) is 143 cm³/mol. The summed E-state index contributed by atoms with van der Waals surface area (Å²) in [5.41, 5.74) is 1.72. The van der Waals surface area contributed by atoms with E-state index in [4.69, 9.17) is 19.9 Å². The average molecular weight is 505 g/mol. The fourth-order valence-corrected chi connectivity index (χ4v) is 4.02. The number of rotatable bonds is 7. The van der Waals surface area contributed by atoms with Gasteiger partial charge < -0.3 is 25.0 Å². The van der Waals surface area contributed by atoms with Crippen LogP contribution in [0.15, 0.2) is 42.6 Å². The second-order valence-electron chi connectivity index (χ2n) is 9.69. The van der Waals surface area contributed by atoms with Crippen LogP contribution in [0, 0.1) is 10.8 Å². The number of fused-ring (bicyclic) bond motifs is 1. The van der Waals surface area contributed by atoms with E-state index in [0.717, 1.165) is 25.9 Å². The lowest BCUT2D eigenvalue weighted by Gasteiger charge is -2.21. The molecular weight excluding hydrogens is 472 g/mol. The van der Waals surface area contributed by atoms with Gasteiger partial charge in [-0.2, -0.15) is 0 Å². The predicted octanol–water partition coefficient (Wildman–Crippen LogP) is 4.06. The summed E-state index contributed by atoms with van der Waals surface area (Å²) in [6, 6.07) is 4.95. The van der Waals surface area contributed by atoms with Gasteiger partial charge >= 0.3 is 0 Å². The molecule has 0 bridgehead atoms. The van der Waals surface area contributed by atoms with Crippen LogP contribution >= 0.6 is 0 Å². The summed E-state index contributed by atoms with van der Waals surface area (Å²) >= 11 is 0. The average Bonchev–Trinajstić information content (AvgIpc) is 3.41. The van der Waals surface area contributed by atoms with Crippen LogP contribution in [0.25, 0.3) is 11.0 Å². The second kappa shape index (κ2) is 10.8. The monoisotopic (exact) mass is 504 g/mol. The van der Waals surface area contributed by atoms with Gasteiger partial charge in [0.1, 0.15) is 34.7 Å². The molecule has 2 aromatic heterocycles. The summed E-state index contributed by atoms with van der Waals surface area (Å²) in [5.74, 6) is 1.69. The van der Waals surface area contributed by atoms with Crippen molar-refractivity contribution in [3.8, 4) is 5.75 Å². The van der Waals surface area contributed by atoms with Crippen LogP contribution in [-0.2, 0) is 4.74 Å². The molecule has 11 heteroatoms. The van der Waals surface area contributed by atoms with Crippen LogP contribution in [0.5, 0.6) is 5.75 Å². The first-order valence-corrected chi connectivity index (χ1v) is 12.0. The van der Waals surface area contributed by atoms with Gasteiger partial charge in [0.05, 0.1) is 26.1 Å². The minimum Gasteiger partial charge on any atom is -0.500 e. The molecule has 194 valence electrons. The number of aromatic nitrogens is 4. The standard InChI is InChI=1S/C26H32N8O3/c1-26(2,3)20(37-5)13-21(27)32-24(35)16-8-9-19(36-4)17(12-16)31-23-22-18(29-15-30-23)14-28-25(33-22)34-10-6-7-11-34/h8-9,12-15H,6-7,10-11H2,1-5H3,(H2,27,32,35)(H,29,30,31)/b20-13-. The number of benzene rings is 1. The summed E-state index contributed by atoms with van der Waals surface area (Å²) in [6.45, 7) is 7.73. The molecule has 3 N–H and O–H groups in total. The Labute approximate surface area is 215 Å². The fraction of sp³-hybridized carbons (Fsp3) is 0.385. The third kappa shape index (κ3) is 5.93. The maximum atomic E-state index is 12.9. The Morgan fingerprint density at radius 2 is 1.89 bits per heavy atom. The molecule has 0 aliphatic carbocycles. The zero-order valence-corrected chi connectivity index (χ0v) is 21.8. The van der Waals surface area contributed by atoms with Crippen molar-refractivity contribution in [1.29, 1.82) is 5.41 Å². The maximum Gasteiger partial charge on any atom is 0.256 e. The van der Waals surface area contributed by atoms with Gasteiger partial charge in [-0.15, -0.1) is 0 Å². The van der Waals surface area contributed by atoms with E-state index < -0.39 is 5.91 Å². The first kappa shape index (κ1) is 25.8. The number of ether oxygens (including phenoxy) is 2. The molecule has 0 atom stereocenters. The van der Waals surface area contributed by atoms with Crippen molar-refractivity contribution < 1.29 is 14.3 Å². The molecule has 4 rings (SSSR count). The Hall–Kier alpha value is -4.28. The molecule has 37 heavy (non-hydrogen) atoms. The Kier molecular flexibility index (Phi) is 7.51. The number of hydrogen-bond acceptors (Lipinski definition) is 10. The van der Waals surface area contributed by atoms with Crippen molar-refractivity contribution in [2.45, 2.75) is 33.6 Å². The topological polar surface area (TPSA) is 138 Å². The maximum absolute atomic E-state index is 12.9. The molecule has 1 saturated heterocycles. The molecule has 0 unspecified atom stereocenters. The van der Waals surface area contributed by atoms with Crippen molar-refractivity contribution in [2.75, 3.05) is 37.5 Å². The fourth-order valence-electron chi connectivity index (χ4n) is 4.02. The lowest BCUT2D eigenvalue weighted by atomic mass is 9.93. The van der Waals surface area contributed by atoms with E-state index >= 15 is 0 Å². The van der Waals surface area contributed by atoms with Crippen LogP contribution in [0.4, 0.5) is 17.5 Å². The second-order valence-corrected chi connectivity index (χ2v) is 9.69. The summed E-state index contributed by atoms with van der Waals surface area (Å²) in [7, 11) is 3.09. The van der Waals surface area contributed by atoms with Crippen molar-refractivity contribution in [3.63, 3.8) is 0 Å². The molecule has 1 fully saturated rings. The SMILES string of the molecule is CO/C(=C\C(=N)NC(=O)c1ccc(OC)c(Nc2ncnc3cnc(N4CCCC4)nc23)c1)C(C)(C)C. The number of allylic oxidation sites excluding steroid dienone is 1. The van der Waals surface area contributed by atoms with E-state index in [2.05, 4.69) is 30.5 Å². The van der Waals surface area contributed by atoms with Crippen molar-refractivity contribution in [2.24, 2.45) is 5.41 Å². The first-order valence-electron chi connectivity index (χ1n) is 12.0. The highest BCUT2D eigenvalue weighted by molar-refractivity contribution is 6.09. The number of anilines is 3. The first-order chi connectivity index (χ1) is 17.7. The number of amidine groups is 1. The van der Waals surface area contributed by atoms with E-state index in [0.29, 0.717) is 45.6 Å². The van der Waals surface area contributed by atoms with Crippen LogP contribution in [0.2, 0.25) is 0 Å². The summed E-state index contributed by atoms with van der Waals surface area (Å²) in [5, 5.41) is 14.1. The van der Waals surface area contributed by atoms with Gasteiger partial charge in [0, 0.05) is 30.1 Å². The van der Waals surface area contributed by atoms with Crippen LogP contribution in [-0.4, -0.2) is 59.0 Å². The molecule has 1 aromatic carbocycles. The Morgan fingerprint density at radius 1 is 1.14 bits per heavy atom. The zero-order chi connectivity index (χ0) is 26.6. The molecule has 0 saturated carbocycles. The number of amides is 1. The quantitative estimate of drug-likeness (QED) is 0.247. The Bertz CT molecular complexity index is 1340. The molecule has 0 radical (unpaired) electrons. The highest BCUT2D eigenvalue weighted by Gasteiger charge is 2.20. The minimum atomic E-state index is -0.442. The number of methoxy groups -OCH3 is 2. The highest BCUT2D eigenvalue weighted by atomic mass is 16.5. The number of carbonyl (C=O) groups excluding carboxylic acids is 1. The molecule has 1 amide bonds. The molecular formula is C26H32N8O3. The van der Waals surface area contributed by atoms with Gasteiger partial charge in [-0.3, -0.25) is 10.2 Å². The molecule has 3 aromatic rings. The number of carbonyl (C=O) groups is 1. The van der Waals surface area contributed by atoms with Crippen molar-refractivity contribution >= 4 is 40.2 Å². The minimum absolute atomic E-state index is 0.0740. The summed E-state index contributed by atoms with van der Waals surface area (Å²) < 4.78 is 10.9. The number of nitrogens with one attached hydrogen (secondary N) is 3. The van der Waals surface area contributed by atoms with Gasteiger partial charge in [-0.1, -0.05) is 20.8 Å². The summed E-state index contributed by atoms with van der Waals surface area (Å²) in [6.07, 6.45) is 6.85. The summed E-state index contributed by atoms with van der Waals surface area (Å²) in [4.78, 5) is 32.9.